The molecular formula is C16H17F2N5. The van der Waals surface area contributed by atoms with E-state index in [-0.39, 0.29) is 11.7 Å². The van der Waals surface area contributed by atoms with Crippen molar-refractivity contribution in [3.05, 3.63) is 60.3 Å². The molecule has 0 saturated heterocycles. The number of imidazole rings is 1. The van der Waals surface area contributed by atoms with Gasteiger partial charge >= 0.3 is 0 Å². The smallest absolute Gasteiger partial charge is 0.280 e. The van der Waals surface area contributed by atoms with Gasteiger partial charge in [0, 0.05) is 31.2 Å². The van der Waals surface area contributed by atoms with E-state index in [4.69, 9.17) is 0 Å². The maximum absolute atomic E-state index is 12.8. The largest absolute Gasteiger partial charge is 0.359 e. The first-order valence-electron chi connectivity index (χ1n) is 7.23. The van der Waals surface area contributed by atoms with E-state index in [0.717, 1.165) is 11.5 Å². The lowest BCUT2D eigenvalue weighted by atomic mass is 10.2. The average Bonchev–Trinajstić information content (AvgIpc) is 3.15. The lowest BCUT2D eigenvalue weighted by Crippen LogP contribution is -2.13. The lowest BCUT2D eigenvalue weighted by molar-refractivity contribution is 0.141. The zero-order chi connectivity index (χ0) is 16.4. The Kier molecular flexibility index (Phi) is 4.10. The molecule has 7 heteroatoms. The first-order chi connectivity index (χ1) is 11.1. The fourth-order valence-corrected chi connectivity index (χ4v) is 2.49. The molecule has 1 unspecified atom stereocenters. The van der Waals surface area contributed by atoms with Gasteiger partial charge in [-0.25, -0.2) is 13.8 Å². The number of para-hydroxylation sites is 1. The van der Waals surface area contributed by atoms with Gasteiger partial charge in [0.15, 0.2) is 0 Å². The molecule has 2 heterocycles. The molecule has 23 heavy (non-hydrogen) atoms. The average molecular weight is 317 g/mol. The Labute approximate surface area is 132 Å². The maximum Gasteiger partial charge on any atom is 0.280 e. The number of aryl methyl sites for hydroxylation is 1. The summed E-state index contributed by atoms with van der Waals surface area (Å²) in [4.78, 5) is 4.37. The minimum absolute atomic E-state index is 0.119. The SMILES string of the molecule is CC(Nc1cc(C(F)F)n(C)n1)c1nccn1-c1ccccc1. The fourth-order valence-electron chi connectivity index (χ4n) is 2.49. The molecule has 0 spiro atoms. The molecule has 0 aliphatic rings. The standard InChI is InChI=1S/C16H17F2N5/c1-11(20-14-10-13(15(17)18)22(2)21-14)16-19-8-9-23(16)12-6-4-3-5-7-12/h3-11,15H,1-2H3,(H,20,21). The van der Waals surface area contributed by atoms with Crippen LogP contribution in [0.25, 0.3) is 5.69 Å². The zero-order valence-corrected chi connectivity index (χ0v) is 12.8. The lowest BCUT2D eigenvalue weighted by Gasteiger charge is -2.15. The van der Waals surface area contributed by atoms with E-state index < -0.39 is 6.43 Å². The number of aromatic nitrogens is 4. The van der Waals surface area contributed by atoms with Crippen LogP contribution in [0.4, 0.5) is 14.6 Å². The highest BCUT2D eigenvalue weighted by Gasteiger charge is 2.18. The molecule has 2 aromatic heterocycles. The van der Waals surface area contributed by atoms with Crippen molar-refractivity contribution in [2.24, 2.45) is 7.05 Å². The first-order valence-corrected chi connectivity index (χ1v) is 7.23. The molecule has 0 fully saturated rings. The van der Waals surface area contributed by atoms with Crippen molar-refractivity contribution < 1.29 is 8.78 Å². The van der Waals surface area contributed by atoms with Crippen molar-refractivity contribution in [1.29, 1.82) is 0 Å². The minimum atomic E-state index is -2.55. The summed E-state index contributed by atoms with van der Waals surface area (Å²) in [6, 6.07) is 11.0. The van der Waals surface area contributed by atoms with Crippen LogP contribution in [0.2, 0.25) is 0 Å². The van der Waals surface area contributed by atoms with Crippen LogP contribution < -0.4 is 5.32 Å². The van der Waals surface area contributed by atoms with Gasteiger partial charge in [-0.2, -0.15) is 5.10 Å². The third-order valence-corrected chi connectivity index (χ3v) is 3.60. The third-order valence-electron chi connectivity index (χ3n) is 3.60. The zero-order valence-electron chi connectivity index (χ0n) is 12.8. The Bertz CT molecular complexity index is 779. The Balaban J connectivity index is 1.83. The second-order valence-corrected chi connectivity index (χ2v) is 5.24. The van der Waals surface area contributed by atoms with Crippen LogP contribution in [0.1, 0.15) is 30.9 Å². The molecule has 0 bridgehead atoms. The number of hydrogen-bond acceptors (Lipinski definition) is 3. The van der Waals surface area contributed by atoms with Crippen LogP contribution in [0.3, 0.4) is 0 Å². The number of benzene rings is 1. The molecule has 0 aliphatic heterocycles. The van der Waals surface area contributed by atoms with Crippen molar-refractivity contribution in [1.82, 2.24) is 19.3 Å². The van der Waals surface area contributed by atoms with Crippen molar-refractivity contribution in [2.45, 2.75) is 19.4 Å². The normalized spacial score (nSPS) is 12.6. The quantitative estimate of drug-likeness (QED) is 0.780. The van der Waals surface area contributed by atoms with E-state index >= 15 is 0 Å². The molecule has 0 radical (unpaired) electrons. The summed E-state index contributed by atoms with van der Waals surface area (Å²) < 4.78 is 28.8. The summed E-state index contributed by atoms with van der Waals surface area (Å²) in [6.07, 6.45) is 1.03. The first kappa shape index (κ1) is 15.2. The van der Waals surface area contributed by atoms with E-state index in [2.05, 4.69) is 15.4 Å². The van der Waals surface area contributed by atoms with Crippen LogP contribution in [-0.4, -0.2) is 19.3 Å². The molecule has 0 aliphatic carbocycles. The number of hydrogen-bond donors (Lipinski definition) is 1. The number of nitrogens with zero attached hydrogens (tertiary/aromatic N) is 4. The summed E-state index contributed by atoms with van der Waals surface area (Å²) >= 11 is 0. The molecule has 5 nitrogen and oxygen atoms in total. The topological polar surface area (TPSA) is 47.7 Å². The Morgan fingerprint density at radius 2 is 1.91 bits per heavy atom. The summed E-state index contributed by atoms with van der Waals surface area (Å²) in [6.45, 7) is 1.92. The van der Waals surface area contributed by atoms with Crippen molar-refractivity contribution in [3.8, 4) is 5.69 Å². The second kappa shape index (κ2) is 6.20. The summed E-state index contributed by atoms with van der Waals surface area (Å²) in [7, 11) is 1.50. The summed E-state index contributed by atoms with van der Waals surface area (Å²) in [5, 5.41) is 7.19. The van der Waals surface area contributed by atoms with Crippen LogP contribution in [0.15, 0.2) is 48.8 Å². The van der Waals surface area contributed by atoms with Gasteiger partial charge in [-0.05, 0) is 19.1 Å². The number of nitrogens with one attached hydrogen (secondary N) is 1. The highest BCUT2D eigenvalue weighted by molar-refractivity contribution is 5.40. The van der Waals surface area contributed by atoms with Gasteiger partial charge in [0.25, 0.3) is 6.43 Å². The molecular weight excluding hydrogens is 300 g/mol. The molecule has 1 atom stereocenters. The predicted octanol–water partition coefficient (Wildman–Crippen LogP) is 3.72. The van der Waals surface area contributed by atoms with Gasteiger partial charge in [0.05, 0.1) is 6.04 Å². The van der Waals surface area contributed by atoms with Crippen LogP contribution in [-0.2, 0) is 7.05 Å². The Morgan fingerprint density at radius 1 is 1.17 bits per heavy atom. The Morgan fingerprint density at radius 3 is 2.57 bits per heavy atom. The molecule has 3 aromatic rings. The van der Waals surface area contributed by atoms with Crippen molar-refractivity contribution in [3.63, 3.8) is 0 Å². The van der Waals surface area contributed by atoms with E-state index in [1.165, 1.54) is 17.8 Å². The van der Waals surface area contributed by atoms with Crippen LogP contribution >= 0.6 is 0 Å². The summed E-state index contributed by atoms with van der Waals surface area (Å²) in [5.41, 5.74) is 0.869. The van der Waals surface area contributed by atoms with E-state index in [0.29, 0.717) is 5.82 Å². The van der Waals surface area contributed by atoms with Crippen molar-refractivity contribution in [2.75, 3.05) is 5.32 Å². The maximum atomic E-state index is 12.8. The molecule has 120 valence electrons. The number of rotatable bonds is 5. The van der Waals surface area contributed by atoms with Crippen molar-refractivity contribution >= 4 is 5.82 Å². The molecule has 0 saturated carbocycles. The van der Waals surface area contributed by atoms with E-state index in [9.17, 15) is 8.78 Å². The van der Waals surface area contributed by atoms with Gasteiger partial charge in [0.1, 0.15) is 17.3 Å². The summed E-state index contributed by atoms with van der Waals surface area (Å²) in [5.74, 6) is 1.18. The van der Waals surface area contributed by atoms with Gasteiger partial charge in [-0.15, -0.1) is 0 Å². The predicted molar refractivity (Wildman–Crippen MR) is 83.8 cm³/mol. The molecule has 1 aromatic carbocycles. The van der Waals surface area contributed by atoms with Crippen LogP contribution in [0.5, 0.6) is 0 Å². The van der Waals surface area contributed by atoms with Gasteiger partial charge < -0.3 is 9.88 Å². The van der Waals surface area contributed by atoms with Gasteiger partial charge in [-0.3, -0.25) is 4.68 Å². The van der Waals surface area contributed by atoms with Gasteiger partial charge in [-0.1, -0.05) is 18.2 Å². The van der Waals surface area contributed by atoms with Gasteiger partial charge in [0.2, 0.25) is 0 Å². The van der Waals surface area contributed by atoms with Crippen LogP contribution in [0, 0.1) is 0 Å². The number of halogens is 2. The monoisotopic (exact) mass is 317 g/mol. The van der Waals surface area contributed by atoms with E-state index in [1.54, 1.807) is 6.20 Å². The van der Waals surface area contributed by atoms with E-state index in [1.807, 2.05) is 48.0 Å². The molecule has 0 amide bonds. The molecule has 3 rings (SSSR count). The highest BCUT2D eigenvalue weighted by Crippen LogP contribution is 2.24. The third kappa shape index (κ3) is 3.08. The fraction of sp³-hybridized carbons (Fsp3) is 0.250. The number of alkyl halides is 2. The number of anilines is 1. The minimum Gasteiger partial charge on any atom is -0.359 e. The second-order valence-electron chi connectivity index (χ2n) is 5.24. The molecule has 1 N–H and O–H groups in total. The highest BCUT2D eigenvalue weighted by atomic mass is 19.3. The Hall–Kier alpha value is -2.70.